The van der Waals surface area contributed by atoms with Crippen LogP contribution < -0.4 is 4.90 Å². The summed E-state index contributed by atoms with van der Waals surface area (Å²) in [6.07, 6.45) is 0. The first-order valence-corrected chi connectivity index (χ1v) is 6.53. The molecule has 1 saturated heterocycles. The van der Waals surface area contributed by atoms with Crippen LogP contribution in [0.2, 0.25) is 0 Å². The van der Waals surface area contributed by atoms with Crippen molar-refractivity contribution in [1.82, 2.24) is 19.7 Å². The smallest absolute Gasteiger partial charge is 0.226 e. The summed E-state index contributed by atoms with van der Waals surface area (Å²) in [5, 5.41) is 7.30. The molecule has 1 unspecified atom stereocenters. The van der Waals surface area contributed by atoms with Crippen LogP contribution in [0, 0.1) is 4.77 Å². The second-order valence-corrected chi connectivity index (χ2v) is 5.48. The van der Waals surface area contributed by atoms with Gasteiger partial charge in [0.25, 0.3) is 0 Å². The monoisotopic (exact) mass is 255 g/mol. The molecule has 0 bridgehead atoms. The number of likely N-dealkylation sites (N-methyl/N-ethyl adjacent to an activating group) is 1. The van der Waals surface area contributed by atoms with Crippen molar-refractivity contribution in [2.75, 3.05) is 31.6 Å². The van der Waals surface area contributed by atoms with E-state index in [4.69, 9.17) is 12.2 Å². The van der Waals surface area contributed by atoms with E-state index in [1.165, 1.54) is 0 Å². The highest BCUT2D eigenvalue weighted by Gasteiger charge is 2.26. The third-order valence-corrected chi connectivity index (χ3v) is 3.58. The van der Waals surface area contributed by atoms with E-state index in [-0.39, 0.29) is 0 Å². The third kappa shape index (κ3) is 2.37. The Balaban J connectivity index is 2.31. The van der Waals surface area contributed by atoms with Gasteiger partial charge in [-0.05, 0) is 40.0 Å². The Morgan fingerprint density at radius 1 is 1.41 bits per heavy atom. The first-order chi connectivity index (χ1) is 8.00. The summed E-state index contributed by atoms with van der Waals surface area (Å²) in [5.74, 6) is 0.977. The van der Waals surface area contributed by atoms with Crippen molar-refractivity contribution in [3.8, 4) is 0 Å². The zero-order valence-electron chi connectivity index (χ0n) is 11.0. The second-order valence-electron chi connectivity index (χ2n) is 5.10. The van der Waals surface area contributed by atoms with Crippen LogP contribution in [0.3, 0.4) is 0 Å². The number of anilines is 1. The van der Waals surface area contributed by atoms with Gasteiger partial charge < -0.3 is 9.80 Å². The standard InChI is InChI=1S/C11H21N5S/c1-8(2)16-10(12-13-11(16)17)15-6-5-14(4)7-9(15)3/h8-9H,5-7H2,1-4H3,(H,13,17). The lowest BCUT2D eigenvalue weighted by Gasteiger charge is -2.39. The van der Waals surface area contributed by atoms with E-state index in [1.54, 1.807) is 0 Å². The number of hydrogen-bond acceptors (Lipinski definition) is 4. The summed E-state index contributed by atoms with van der Waals surface area (Å²) in [6, 6.07) is 0.805. The van der Waals surface area contributed by atoms with Crippen molar-refractivity contribution < 1.29 is 0 Å². The third-order valence-electron chi connectivity index (χ3n) is 3.29. The fourth-order valence-electron chi connectivity index (χ4n) is 2.40. The van der Waals surface area contributed by atoms with E-state index in [0.29, 0.717) is 16.9 Å². The molecule has 2 rings (SSSR count). The summed E-state index contributed by atoms with van der Waals surface area (Å²) in [4.78, 5) is 4.69. The molecule has 0 saturated carbocycles. The molecule has 1 fully saturated rings. The van der Waals surface area contributed by atoms with Crippen LogP contribution in [0.1, 0.15) is 26.8 Å². The molecule has 0 amide bonds. The van der Waals surface area contributed by atoms with Gasteiger partial charge in [-0.1, -0.05) is 0 Å². The summed E-state index contributed by atoms with van der Waals surface area (Å²) >= 11 is 5.29. The molecule has 1 aromatic rings. The number of aromatic amines is 1. The Morgan fingerprint density at radius 2 is 2.12 bits per heavy atom. The van der Waals surface area contributed by atoms with Gasteiger partial charge in [0, 0.05) is 31.7 Å². The van der Waals surface area contributed by atoms with E-state index in [9.17, 15) is 0 Å². The van der Waals surface area contributed by atoms with Crippen LogP contribution in [0.25, 0.3) is 0 Å². The Labute approximate surface area is 107 Å². The highest BCUT2D eigenvalue weighted by atomic mass is 32.1. The summed E-state index contributed by atoms with van der Waals surface area (Å²) < 4.78 is 2.80. The lowest BCUT2D eigenvalue weighted by atomic mass is 10.2. The second kappa shape index (κ2) is 4.78. The van der Waals surface area contributed by atoms with Crippen molar-refractivity contribution in [2.45, 2.75) is 32.9 Å². The molecule has 0 spiro atoms. The van der Waals surface area contributed by atoms with Crippen molar-refractivity contribution in [3.63, 3.8) is 0 Å². The van der Waals surface area contributed by atoms with Crippen LogP contribution >= 0.6 is 12.2 Å². The van der Waals surface area contributed by atoms with Crippen molar-refractivity contribution in [1.29, 1.82) is 0 Å². The highest BCUT2D eigenvalue weighted by molar-refractivity contribution is 7.71. The molecule has 6 heteroatoms. The van der Waals surface area contributed by atoms with E-state index in [2.05, 4.69) is 52.4 Å². The number of nitrogens with zero attached hydrogens (tertiary/aromatic N) is 4. The Morgan fingerprint density at radius 3 is 2.71 bits per heavy atom. The SMILES string of the molecule is CC1CN(C)CCN1c1n[nH]c(=S)n1C(C)C. The molecule has 96 valence electrons. The molecule has 1 aliphatic heterocycles. The van der Waals surface area contributed by atoms with Crippen LogP contribution in [0.4, 0.5) is 5.95 Å². The van der Waals surface area contributed by atoms with Crippen LogP contribution in [0.15, 0.2) is 0 Å². The molecule has 1 aromatic heterocycles. The molecule has 2 heterocycles. The molecule has 1 N–H and O–H groups in total. The number of aromatic nitrogens is 3. The maximum atomic E-state index is 5.29. The Bertz CT molecular complexity index is 435. The number of rotatable bonds is 2. The normalized spacial score (nSPS) is 22.4. The predicted molar refractivity (Wildman–Crippen MR) is 72.1 cm³/mol. The number of piperazine rings is 1. The molecule has 1 atom stereocenters. The number of nitrogens with one attached hydrogen (secondary N) is 1. The van der Waals surface area contributed by atoms with Gasteiger partial charge in [-0.3, -0.25) is 4.57 Å². The lowest BCUT2D eigenvalue weighted by molar-refractivity contribution is 0.271. The van der Waals surface area contributed by atoms with Gasteiger partial charge in [0.2, 0.25) is 5.95 Å². The fourth-order valence-corrected chi connectivity index (χ4v) is 2.74. The first-order valence-electron chi connectivity index (χ1n) is 6.12. The van der Waals surface area contributed by atoms with Gasteiger partial charge in [0.15, 0.2) is 4.77 Å². The predicted octanol–water partition coefficient (Wildman–Crippen LogP) is 1.66. The lowest BCUT2D eigenvalue weighted by Crippen LogP contribution is -2.51. The van der Waals surface area contributed by atoms with Gasteiger partial charge in [-0.15, -0.1) is 5.10 Å². The molecule has 5 nitrogen and oxygen atoms in total. The molecule has 0 radical (unpaired) electrons. The van der Waals surface area contributed by atoms with Gasteiger partial charge >= 0.3 is 0 Å². The van der Waals surface area contributed by atoms with E-state index in [1.807, 2.05) is 0 Å². The molecule has 1 aliphatic rings. The van der Waals surface area contributed by atoms with Crippen molar-refractivity contribution >= 4 is 18.2 Å². The average Bonchev–Trinajstić information content (AvgIpc) is 2.60. The van der Waals surface area contributed by atoms with E-state index in [0.717, 1.165) is 25.6 Å². The fraction of sp³-hybridized carbons (Fsp3) is 0.818. The average molecular weight is 255 g/mol. The van der Waals surface area contributed by atoms with Crippen LogP contribution in [-0.2, 0) is 0 Å². The summed E-state index contributed by atoms with van der Waals surface area (Å²) in [6.45, 7) is 9.65. The molecule has 0 aromatic carbocycles. The van der Waals surface area contributed by atoms with Gasteiger partial charge in [-0.25, -0.2) is 5.10 Å². The zero-order chi connectivity index (χ0) is 12.6. The Hall–Kier alpha value is -0.880. The van der Waals surface area contributed by atoms with Gasteiger partial charge in [-0.2, -0.15) is 0 Å². The van der Waals surface area contributed by atoms with Crippen molar-refractivity contribution in [3.05, 3.63) is 4.77 Å². The number of H-pyrrole nitrogens is 1. The topological polar surface area (TPSA) is 40.1 Å². The summed E-state index contributed by atoms with van der Waals surface area (Å²) in [7, 11) is 2.16. The van der Waals surface area contributed by atoms with E-state index < -0.39 is 0 Å². The van der Waals surface area contributed by atoms with Crippen molar-refractivity contribution in [2.24, 2.45) is 0 Å². The summed E-state index contributed by atoms with van der Waals surface area (Å²) in [5.41, 5.74) is 0. The maximum absolute atomic E-state index is 5.29. The largest absolute Gasteiger partial charge is 0.336 e. The number of hydrogen-bond donors (Lipinski definition) is 1. The van der Waals surface area contributed by atoms with Crippen LogP contribution in [0.5, 0.6) is 0 Å². The van der Waals surface area contributed by atoms with Crippen LogP contribution in [-0.4, -0.2) is 52.4 Å². The molecular weight excluding hydrogens is 234 g/mol. The molecule has 17 heavy (non-hydrogen) atoms. The van der Waals surface area contributed by atoms with Gasteiger partial charge in [0.05, 0.1) is 0 Å². The highest BCUT2D eigenvalue weighted by Crippen LogP contribution is 2.21. The zero-order valence-corrected chi connectivity index (χ0v) is 11.8. The minimum atomic E-state index is 0.336. The molecular formula is C11H21N5S. The minimum absolute atomic E-state index is 0.336. The Kier molecular flexibility index (Phi) is 3.53. The quantitative estimate of drug-likeness (QED) is 0.816. The van der Waals surface area contributed by atoms with Gasteiger partial charge in [0.1, 0.15) is 0 Å². The maximum Gasteiger partial charge on any atom is 0.226 e. The molecule has 0 aliphatic carbocycles. The van der Waals surface area contributed by atoms with E-state index >= 15 is 0 Å². The first kappa shape index (κ1) is 12.6. The minimum Gasteiger partial charge on any atom is -0.336 e.